The third-order valence-corrected chi connectivity index (χ3v) is 11.5. The van der Waals surface area contributed by atoms with Crippen LogP contribution in [0.25, 0.3) is 77.9 Å². The first-order chi connectivity index (χ1) is 30.2. The predicted octanol–water partition coefficient (Wildman–Crippen LogP) is 16.8. The van der Waals surface area contributed by atoms with Gasteiger partial charge in [-0.2, -0.15) is 0 Å². The lowest BCUT2D eigenvalue weighted by Crippen LogP contribution is -2.09. The summed E-state index contributed by atoms with van der Waals surface area (Å²) in [6.07, 6.45) is 0. The van der Waals surface area contributed by atoms with E-state index in [1.165, 1.54) is 72.3 Å². The second-order valence-electron chi connectivity index (χ2n) is 15.3. The fourth-order valence-corrected chi connectivity index (χ4v) is 8.38. The van der Waals surface area contributed by atoms with Crippen LogP contribution in [0.1, 0.15) is 0 Å². The summed E-state index contributed by atoms with van der Waals surface area (Å²) in [7, 11) is 0. The first kappa shape index (κ1) is 37.3. The van der Waals surface area contributed by atoms with E-state index in [0.29, 0.717) is 0 Å². The largest absolute Gasteiger partial charge is 0.311 e. The lowest BCUT2D eigenvalue weighted by atomic mass is 9.86. The molecule has 0 saturated heterocycles. The zero-order valence-corrected chi connectivity index (χ0v) is 33.8. The van der Waals surface area contributed by atoms with Crippen molar-refractivity contribution >= 4 is 17.1 Å². The standard InChI is InChI=1S/C60H43N/c1-5-14-44(15-6-1)48-24-28-52(29-25-48)58-22-13-23-59(60(58)54-30-26-49(27-31-54)45-16-7-2-8-17-45)53-36-42-57(43-37-53)61(55-38-32-50(33-39-55)46-18-9-3-10-19-46)56-40-34-51(35-41-56)47-20-11-4-12-21-47/h1-43H. The average Bonchev–Trinajstić information content (AvgIpc) is 3.36. The maximum atomic E-state index is 2.35. The minimum atomic E-state index is 1.09. The monoisotopic (exact) mass is 777 g/mol. The van der Waals surface area contributed by atoms with Crippen molar-refractivity contribution in [1.82, 2.24) is 0 Å². The van der Waals surface area contributed by atoms with Crippen LogP contribution in [0.3, 0.4) is 0 Å². The van der Waals surface area contributed by atoms with Gasteiger partial charge in [0.25, 0.3) is 0 Å². The number of hydrogen-bond acceptors (Lipinski definition) is 1. The van der Waals surface area contributed by atoms with Crippen LogP contribution in [0.15, 0.2) is 261 Å². The van der Waals surface area contributed by atoms with Crippen LogP contribution in [-0.2, 0) is 0 Å². The van der Waals surface area contributed by atoms with Gasteiger partial charge in [0.2, 0.25) is 0 Å². The van der Waals surface area contributed by atoms with Crippen molar-refractivity contribution in [1.29, 1.82) is 0 Å². The number of hydrogen-bond donors (Lipinski definition) is 0. The zero-order valence-electron chi connectivity index (χ0n) is 33.8. The van der Waals surface area contributed by atoms with Gasteiger partial charge in [-0.15, -0.1) is 0 Å². The van der Waals surface area contributed by atoms with Crippen molar-refractivity contribution in [3.8, 4) is 77.9 Å². The molecule has 10 aromatic rings. The molecule has 0 spiro atoms. The molecule has 10 rings (SSSR count). The first-order valence-electron chi connectivity index (χ1n) is 20.9. The molecule has 0 aromatic heterocycles. The summed E-state index contributed by atoms with van der Waals surface area (Å²) >= 11 is 0. The van der Waals surface area contributed by atoms with Gasteiger partial charge in [0.05, 0.1) is 0 Å². The fraction of sp³-hybridized carbons (Fsp3) is 0. The minimum absolute atomic E-state index is 1.09. The van der Waals surface area contributed by atoms with Crippen LogP contribution < -0.4 is 4.90 Å². The van der Waals surface area contributed by atoms with E-state index in [1.807, 2.05) is 0 Å². The highest BCUT2D eigenvalue weighted by Crippen LogP contribution is 2.43. The molecule has 0 radical (unpaired) electrons. The number of rotatable bonds is 10. The van der Waals surface area contributed by atoms with E-state index in [1.54, 1.807) is 0 Å². The zero-order chi connectivity index (χ0) is 40.8. The van der Waals surface area contributed by atoms with Gasteiger partial charge in [0.1, 0.15) is 0 Å². The molecule has 1 nitrogen and oxygen atoms in total. The highest BCUT2D eigenvalue weighted by molar-refractivity contribution is 5.95. The summed E-state index contributed by atoms with van der Waals surface area (Å²) in [5, 5.41) is 0. The third-order valence-electron chi connectivity index (χ3n) is 11.5. The van der Waals surface area contributed by atoms with E-state index in [-0.39, 0.29) is 0 Å². The number of anilines is 3. The van der Waals surface area contributed by atoms with Crippen molar-refractivity contribution in [3.63, 3.8) is 0 Å². The van der Waals surface area contributed by atoms with Gasteiger partial charge in [-0.25, -0.2) is 0 Å². The molecule has 0 unspecified atom stereocenters. The van der Waals surface area contributed by atoms with E-state index < -0.39 is 0 Å². The van der Waals surface area contributed by atoms with Crippen molar-refractivity contribution in [3.05, 3.63) is 261 Å². The van der Waals surface area contributed by atoms with Crippen LogP contribution in [0.2, 0.25) is 0 Å². The van der Waals surface area contributed by atoms with Gasteiger partial charge in [0, 0.05) is 17.1 Å². The summed E-state index contributed by atoms with van der Waals surface area (Å²) < 4.78 is 0. The van der Waals surface area contributed by atoms with Crippen molar-refractivity contribution < 1.29 is 0 Å². The molecular weight excluding hydrogens is 735 g/mol. The molecule has 1 heteroatoms. The molecule has 288 valence electrons. The maximum Gasteiger partial charge on any atom is 0.0462 e. The summed E-state index contributed by atoms with van der Waals surface area (Å²) in [5.74, 6) is 0. The highest BCUT2D eigenvalue weighted by Gasteiger charge is 2.18. The van der Waals surface area contributed by atoms with Crippen LogP contribution in [0, 0.1) is 0 Å². The summed E-state index contributed by atoms with van der Waals surface area (Å²) in [4.78, 5) is 2.35. The molecule has 0 aliphatic heterocycles. The smallest absolute Gasteiger partial charge is 0.0462 e. The van der Waals surface area contributed by atoms with E-state index in [2.05, 4.69) is 266 Å². The highest BCUT2D eigenvalue weighted by atomic mass is 15.1. The number of benzene rings is 10. The fourth-order valence-electron chi connectivity index (χ4n) is 8.38. The van der Waals surface area contributed by atoms with Gasteiger partial charge >= 0.3 is 0 Å². The molecule has 0 aliphatic rings. The van der Waals surface area contributed by atoms with Gasteiger partial charge in [-0.05, 0) is 114 Å². The molecule has 10 aromatic carbocycles. The molecule has 61 heavy (non-hydrogen) atoms. The molecule has 0 N–H and O–H groups in total. The Bertz CT molecular complexity index is 2890. The van der Waals surface area contributed by atoms with Gasteiger partial charge in [-0.1, -0.05) is 224 Å². The molecule has 0 bridgehead atoms. The Hall–Kier alpha value is -8.00. The van der Waals surface area contributed by atoms with Gasteiger partial charge in [0.15, 0.2) is 0 Å². The summed E-state index contributed by atoms with van der Waals surface area (Å²) in [5.41, 5.74) is 20.0. The minimum Gasteiger partial charge on any atom is -0.311 e. The molecule has 0 saturated carbocycles. The first-order valence-corrected chi connectivity index (χ1v) is 20.9. The molecule has 0 atom stereocenters. The molecule has 0 fully saturated rings. The van der Waals surface area contributed by atoms with Gasteiger partial charge in [-0.3, -0.25) is 0 Å². The Morgan fingerprint density at radius 1 is 0.164 bits per heavy atom. The molecule has 0 aliphatic carbocycles. The van der Waals surface area contributed by atoms with Crippen molar-refractivity contribution in [2.24, 2.45) is 0 Å². The van der Waals surface area contributed by atoms with E-state index in [9.17, 15) is 0 Å². The summed E-state index contributed by atoms with van der Waals surface area (Å²) in [6.45, 7) is 0. The predicted molar refractivity (Wildman–Crippen MR) is 259 cm³/mol. The van der Waals surface area contributed by atoms with Crippen molar-refractivity contribution in [2.75, 3.05) is 4.90 Å². The maximum absolute atomic E-state index is 2.35. The van der Waals surface area contributed by atoms with Gasteiger partial charge < -0.3 is 4.90 Å². The van der Waals surface area contributed by atoms with Crippen LogP contribution in [0.5, 0.6) is 0 Å². The van der Waals surface area contributed by atoms with Crippen LogP contribution in [-0.4, -0.2) is 0 Å². The van der Waals surface area contributed by atoms with Crippen LogP contribution in [0.4, 0.5) is 17.1 Å². The SMILES string of the molecule is c1ccc(-c2ccc(-c3cccc(-c4ccc(N(c5ccc(-c6ccccc6)cc5)c5ccc(-c6ccccc6)cc5)cc4)c3-c3ccc(-c4ccccc4)cc3)cc2)cc1. The normalized spacial score (nSPS) is 11.0. The second-order valence-corrected chi connectivity index (χ2v) is 15.3. The molecule has 0 heterocycles. The summed E-state index contributed by atoms with van der Waals surface area (Å²) in [6, 6.07) is 93.9. The average molecular weight is 778 g/mol. The van der Waals surface area contributed by atoms with E-state index in [4.69, 9.17) is 0 Å². The Labute approximate surface area is 359 Å². The second kappa shape index (κ2) is 17.1. The Kier molecular flexibility index (Phi) is 10.4. The van der Waals surface area contributed by atoms with E-state index >= 15 is 0 Å². The third kappa shape index (κ3) is 7.93. The van der Waals surface area contributed by atoms with Crippen molar-refractivity contribution in [2.45, 2.75) is 0 Å². The quantitative estimate of drug-likeness (QED) is 0.134. The molecule has 0 amide bonds. The van der Waals surface area contributed by atoms with Crippen LogP contribution >= 0.6 is 0 Å². The Morgan fingerprint density at radius 3 is 0.705 bits per heavy atom. The topological polar surface area (TPSA) is 3.24 Å². The lowest BCUT2D eigenvalue weighted by Gasteiger charge is -2.26. The van der Waals surface area contributed by atoms with E-state index in [0.717, 1.165) is 22.6 Å². The Morgan fingerprint density at radius 2 is 0.393 bits per heavy atom. The Balaban J connectivity index is 1.05. The molecular formula is C60H43N. The number of nitrogens with zero attached hydrogens (tertiary/aromatic N) is 1. The lowest BCUT2D eigenvalue weighted by molar-refractivity contribution is 1.28.